The minimum atomic E-state index is -4.30. The lowest BCUT2D eigenvalue weighted by atomic mass is 10.1. The van der Waals surface area contributed by atoms with Crippen molar-refractivity contribution in [2.24, 2.45) is 5.14 Å². The Balaban J connectivity index is 2.75. The van der Waals surface area contributed by atoms with Gasteiger partial charge >= 0.3 is 0 Å². The fraction of sp³-hybridized carbons (Fsp3) is 0. The topological polar surface area (TPSA) is 60.2 Å². The Hall–Kier alpha value is -1.79. The van der Waals surface area contributed by atoms with E-state index in [1.807, 2.05) is 0 Å². The average Bonchev–Trinajstić information content (AvgIpc) is 2.31. The quantitative estimate of drug-likeness (QED) is 0.909. The third kappa shape index (κ3) is 2.39. The van der Waals surface area contributed by atoms with Gasteiger partial charge in [-0.2, -0.15) is 0 Å². The van der Waals surface area contributed by atoms with Crippen molar-refractivity contribution < 1.29 is 17.2 Å². The van der Waals surface area contributed by atoms with E-state index in [2.05, 4.69) is 0 Å². The van der Waals surface area contributed by atoms with E-state index in [0.29, 0.717) is 11.6 Å². The summed E-state index contributed by atoms with van der Waals surface area (Å²) in [5, 5.41) is 4.84. The molecule has 94 valence electrons. The van der Waals surface area contributed by atoms with Crippen molar-refractivity contribution in [2.45, 2.75) is 4.90 Å². The summed E-state index contributed by atoms with van der Waals surface area (Å²) in [6, 6.07) is 9.57. The van der Waals surface area contributed by atoms with Crippen LogP contribution < -0.4 is 5.14 Å². The number of hydrogen-bond donors (Lipinski definition) is 1. The minimum Gasteiger partial charge on any atom is -0.225 e. The second-order valence-electron chi connectivity index (χ2n) is 3.68. The molecular weight excluding hydrogens is 260 g/mol. The van der Waals surface area contributed by atoms with Crippen LogP contribution in [0.1, 0.15) is 0 Å². The van der Waals surface area contributed by atoms with Gasteiger partial charge in [-0.3, -0.25) is 0 Å². The lowest BCUT2D eigenvalue weighted by Gasteiger charge is -2.07. The van der Waals surface area contributed by atoms with Crippen LogP contribution in [0.15, 0.2) is 47.4 Å². The maximum Gasteiger partial charge on any atom is 0.241 e. The summed E-state index contributed by atoms with van der Waals surface area (Å²) in [7, 11) is -4.30. The third-order valence-corrected chi connectivity index (χ3v) is 3.31. The van der Waals surface area contributed by atoms with Crippen molar-refractivity contribution in [3.8, 4) is 11.1 Å². The molecule has 0 spiro atoms. The van der Waals surface area contributed by atoms with Gasteiger partial charge in [-0.15, -0.1) is 0 Å². The largest absolute Gasteiger partial charge is 0.241 e. The zero-order valence-electron chi connectivity index (χ0n) is 9.10. The van der Waals surface area contributed by atoms with Crippen molar-refractivity contribution in [3.05, 3.63) is 54.1 Å². The van der Waals surface area contributed by atoms with Crippen LogP contribution in [-0.2, 0) is 10.0 Å². The number of halogens is 2. The van der Waals surface area contributed by atoms with Crippen molar-refractivity contribution in [3.63, 3.8) is 0 Å². The van der Waals surface area contributed by atoms with Crippen LogP contribution in [0, 0.1) is 11.6 Å². The van der Waals surface area contributed by atoms with E-state index in [4.69, 9.17) is 5.14 Å². The van der Waals surface area contributed by atoms with E-state index in [-0.39, 0.29) is 5.56 Å². The highest BCUT2D eigenvalue weighted by atomic mass is 32.2. The molecular formula is C12H9F2NO2S. The predicted octanol–water partition coefficient (Wildman–Crippen LogP) is 2.28. The molecule has 2 aromatic rings. The molecule has 0 aromatic heterocycles. The number of nitrogens with two attached hydrogens (primary N) is 1. The molecule has 0 aliphatic carbocycles. The zero-order valence-corrected chi connectivity index (χ0v) is 9.92. The lowest BCUT2D eigenvalue weighted by molar-refractivity contribution is 0.556. The third-order valence-electron chi connectivity index (χ3n) is 2.40. The van der Waals surface area contributed by atoms with Gasteiger partial charge in [0.05, 0.1) is 0 Å². The van der Waals surface area contributed by atoms with Gasteiger partial charge < -0.3 is 0 Å². The van der Waals surface area contributed by atoms with E-state index in [0.717, 1.165) is 6.07 Å². The van der Waals surface area contributed by atoms with Gasteiger partial charge in [0.1, 0.15) is 10.7 Å². The SMILES string of the molecule is NS(=O)(=O)c1cc(F)cc(-c2ccccc2)c1F. The van der Waals surface area contributed by atoms with E-state index in [1.54, 1.807) is 30.3 Å². The lowest BCUT2D eigenvalue weighted by Crippen LogP contribution is -2.15. The van der Waals surface area contributed by atoms with Crippen molar-refractivity contribution >= 4 is 10.0 Å². The van der Waals surface area contributed by atoms with Crippen LogP contribution in [0.2, 0.25) is 0 Å². The standard InChI is InChI=1S/C12H9F2NO2S/c13-9-6-10(8-4-2-1-3-5-8)12(14)11(7-9)18(15,16)17/h1-7H,(H2,15,16,17). The molecule has 0 saturated heterocycles. The smallest absolute Gasteiger partial charge is 0.225 e. The monoisotopic (exact) mass is 269 g/mol. The Morgan fingerprint density at radius 2 is 1.61 bits per heavy atom. The molecule has 0 aliphatic heterocycles. The molecule has 0 fully saturated rings. The van der Waals surface area contributed by atoms with Gasteiger partial charge in [0.15, 0.2) is 5.82 Å². The summed E-state index contributed by atoms with van der Waals surface area (Å²) >= 11 is 0. The Morgan fingerprint density at radius 3 is 2.17 bits per heavy atom. The first-order valence-electron chi connectivity index (χ1n) is 4.97. The van der Waals surface area contributed by atoms with Crippen molar-refractivity contribution in [1.82, 2.24) is 0 Å². The predicted molar refractivity (Wildman–Crippen MR) is 63.2 cm³/mol. The zero-order chi connectivity index (χ0) is 13.3. The number of benzene rings is 2. The molecule has 0 heterocycles. The van der Waals surface area contributed by atoms with Gasteiger partial charge in [-0.05, 0) is 17.7 Å². The van der Waals surface area contributed by atoms with Gasteiger partial charge in [-0.25, -0.2) is 22.3 Å². The first-order chi connectivity index (χ1) is 8.39. The van der Waals surface area contributed by atoms with Crippen LogP contribution in [0.25, 0.3) is 11.1 Å². The summed E-state index contributed by atoms with van der Waals surface area (Å²) in [6.45, 7) is 0. The first-order valence-corrected chi connectivity index (χ1v) is 6.51. The van der Waals surface area contributed by atoms with Crippen LogP contribution in [0.3, 0.4) is 0 Å². The number of primary sulfonamides is 1. The van der Waals surface area contributed by atoms with Gasteiger partial charge in [-0.1, -0.05) is 30.3 Å². The molecule has 0 bridgehead atoms. The Bertz CT molecular complexity index is 685. The molecule has 0 aliphatic rings. The maximum absolute atomic E-state index is 14.0. The second-order valence-corrected chi connectivity index (χ2v) is 5.21. The number of sulfonamides is 1. The van der Waals surface area contributed by atoms with E-state index < -0.39 is 26.6 Å². The van der Waals surface area contributed by atoms with Gasteiger partial charge in [0.25, 0.3) is 0 Å². The van der Waals surface area contributed by atoms with E-state index in [1.165, 1.54) is 0 Å². The molecule has 0 unspecified atom stereocenters. The first kappa shape index (κ1) is 12.7. The Kier molecular flexibility index (Phi) is 3.14. The molecule has 0 amide bonds. The highest BCUT2D eigenvalue weighted by Crippen LogP contribution is 2.27. The number of rotatable bonds is 2. The molecule has 3 nitrogen and oxygen atoms in total. The fourth-order valence-electron chi connectivity index (χ4n) is 1.60. The summed E-state index contributed by atoms with van der Waals surface area (Å²) in [5.74, 6) is -1.91. The normalized spacial score (nSPS) is 11.5. The average molecular weight is 269 g/mol. The highest BCUT2D eigenvalue weighted by molar-refractivity contribution is 7.89. The summed E-state index contributed by atoms with van der Waals surface area (Å²) in [4.78, 5) is -0.846. The summed E-state index contributed by atoms with van der Waals surface area (Å²) in [5.41, 5.74) is 0.235. The molecule has 6 heteroatoms. The van der Waals surface area contributed by atoms with Crippen LogP contribution >= 0.6 is 0 Å². The van der Waals surface area contributed by atoms with Crippen molar-refractivity contribution in [1.29, 1.82) is 0 Å². The van der Waals surface area contributed by atoms with Gasteiger partial charge in [0, 0.05) is 5.56 Å². The van der Waals surface area contributed by atoms with Crippen LogP contribution in [0.4, 0.5) is 8.78 Å². The van der Waals surface area contributed by atoms with Crippen LogP contribution in [-0.4, -0.2) is 8.42 Å². The highest BCUT2D eigenvalue weighted by Gasteiger charge is 2.20. The minimum absolute atomic E-state index is 0.139. The molecule has 18 heavy (non-hydrogen) atoms. The van der Waals surface area contributed by atoms with Crippen LogP contribution in [0.5, 0.6) is 0 Å². The molecule has 2 aromatic carbocycles. The molecule has 2 rings (SSSR count). The summed E-state index contributed by atoms with van der Waals surface area (Å²) < 4.78 is 49.7. The molecule has 0 radical (unpaired) electrons. The van der Waals surface area contributed by atoms with E-state index >= 15 is 0 Å². The van der Waals surface area contributed by atoms with Crippen molar-refractivity contribution in [2.75, 3.05) is 0 Å². The fourth-order valence-corrected chi connectivity index (χ4v) is 2.24. The molecule has 2 N–H and O–H groups in total. The maximum atomic E-state index is 14.0. The summed E-state index contributed by atoms with van der Waals surface area (Å²) in [6.07, 6.45) is 0. The van der Waals surface area contributed by atoms with E-state index in [9.17, 15) is 17.2 Å². The molecule has 0 saturated carbocycles. The van der Waals surface area contributed by atoms with Gasteiger partial charge in [0.2, 0.25) is 10.0 Å². The Labute approximate surface area is 103 Å². The Morgan fingerprint density at radius 1 is 1.00 bits per heavy atom. The molecule has 0 atom stereocenters. The number of hydrogen-bond acceptors (Lipinski definition) is 2. The second kappa shape index (κ2) is 4.47.